The molecule has 0 bridgehead atoms. The summed E-state index contributed by atoms with van der Waals surface area (Å²) in [5, 5.41) is 3.03. The third-order valence-electron chi connectivity index (χ3n) is 2.69. The van der Waals surface area contributed by atoms with Gasteiger partial charge in [-0.1, -0.05) is 0 Å². The van der Waals surface area contributed by atoms with Crippen molar-refractivity contribution in [2.75, 3.05) is 26.3 Å². The first-order valence-electron chi connectivity index (χ1n) is 4.99. The highest BCUT2D eigenvalue weighted by molar-refractivity contribution is 5.75. The summed E-state index contributed by atoms with van der Waals surface area (Å²) < 4.78 is 5.22. The Bertz CT molecular complexity index is 186. The second-order valence-electron chi connectivity index (χ2n) is 3.68. The highest BCUT2D eigenvalue weighted by Gasteiger charge is 2.23. The number of urea groups is 1. The first-order chi connectivity index (χ1) is 6.36. The molecule has 0 spiro atoms. The van der Waals surface area contributed by atoms with Gasteiger partial charge in [0.15, 0.2) is 0 Å². The number of hydrogen-bond donors (Lipinski definition) is 1. The number of carbonyl (C=O) groups is 1. The van der Waals surface area contributed by atoms with Crippen molar-refractivity contribution in [2.24, 2.45) is 0 Å². The van der Waals surface area contributed by atoms with Crippen LogP contribution in [0.1, 0.15) is 19.3 Å². The predicted molar refractivity (Wildman–Crippen MR) is 48.6 cm³/mol. The van der Waals surface area contributed by atoms with Crippen molar-refractivity contribution in [3.63, 3.8) is 0 Å². The third kappa shape index (κ3) is 2.12. The van der Waals surface area contributed by atoms with E-state index in [4.69, 9.17) is 4.74 Å². The Hall–Kier alpha value is -0.770. The van der Waals surface area contributed by atoms with Crippen molar-refractivity contribution in [2.45, 2.75) is 25.3 Å². The lowest BCUT2D eigenvalue weighted by Crippen LogP contribution is -2.51. The van der Waals surface area contributed by atoms with Gasteiger partial charge < -0.3 is 15.0 Å². The first-order valence-corrected chi connectivity index (χ1v) is 4.99. The standard InChI is InChI=1S/C9H16N2O2/c12-9(11-4-1-5-11)10-8-2-6-13-7-3-8/h8H,1-7H2,(H,10,12). The molecule has 0 radical (unpaired) electrons. The molecule has 0 saturated carbocycles. The van der Waals surface area contributed by atoms with E-state index < -0.39 is 0 Å². The van der Waals surface area contributed by atoms with Crippen LogP contribution < -0.4 is 5.32 Å². The maximum Gasteiger partial charge on any atom is 0.317 e. The molecule has 4 nitrogen and oxygen atoms in total. The quantitative estimate of drug-likeness (QED) is 0.647. The van der Waals surface area contributed by atoms with Gasteiger partial charge in [0.05, 0.1) is 0 Å². The number of nitrogens with zero attached hydrogens (tertiary/aromatic N) is 1. The van der Waals surface area contributed by atoms with Crippen LogP contribution in [0.2, 0.25) is 0 Å². The van der Waals surface area contributed by atoms with Crippen LogP contribution in [0.3, 0.4) is 0 Å². The summed E-state index contributed by atoms with van der Waals surface area (Å²) in [5.74, 6) is 0. The topological polar surface area (TPSA) is 41.6 Å². The molecule has 0 atom stereocenters. The van der Waals surface area contributed by atoms with E-state index in [9.17, 15) is 4.79 Å². The van der Waals surface area contributed by atoms with Crippen molar-refractivity contribution >= 4 is 6.03 Å². The van der Waals surface area contributed by atoms with Gasteiger partial charge in [-0.25, -0.2) is 4.79 Å². The number of ether oxygens (including phenoxy) is 1. The summed E-state index contributed by atoms with van der Waals surface area (Å²) in [7, 11) is 0. The number of likely N-dealkylation sites (tertiary alicyclic amines) is 1. The number of nitrogens with one attached hydrogen (secondary N) is 1. The van der Waals surface area contributed by atoms with Gasteiger partial charge in [-0.05, 0) is 19.3 Å². The maximum absolute atomic E-state index is 11.5. The monoisotopic (exact) mass is 184 g/mol. The van der Waals surface area contributed by atoms with Crippen LogP contribution in [0.15, 0.2) is 0 Å². The zero-order valence-electron chi connectivity index (χ0n) is 7.79. The van der Waals surface area contributed by atoms with Crippen LogP contribution in [0.5, 0.6) is 0 Å². The minimum Gasteiger partial charge on any atom is -0.381 e. The summed E-state index contributed by atoms with van der Waals surface area (Å²) >= 11 is 0. The smallest absolute Gasteiger partial charge is 0.317 e. The average Bonchev–Trinajstić information content (AvgIpc) is 2.02. The Balaban J connectivity index is 1.72. The second-order valence-corrected chi connectivity index (χ2v) is 3.68. The van der Waals surface area contributed by atoms with Gasteiger partial charge in [0, 0.05) is 32.3 Å². The van der Waals surface area contributed by atoms with Gasteiger partial charge in [-0.2, -0.15) is 0 Å². The normalized spacial score (nSPS) is 23.8. The number of rotatable bonds is 1. The van der Waals surface area contributed by atoms with E-state index in [1.807, 2.05) is 4.90 Å². The van der Waals surface area contributed by atoms with Crippen LogP contribution in [0.25, 0.3) is 0 Å². The van der Waals surface area contributed by atoms with Crippen LogP contribution in [-0.4, -0.2) is 43.3 Å². The van der Waals surface area contributed by atoms with Crippen LogP contribution in [-0.2, 0) is 4.74 Å². The first kappa shape index (κ1) is 8.81. The molecule has 74 valence electrons. The van der Waals surface area contributed by atoms with E-state index >= 15 is 0 Å². The molecule has 2 aliphatic heterocycles. The summed E-state index contributed by atoms with van der Waals surface area (Å²) in [4.78, 5) is 13.3. The molecule has 13 heavy (non-hydrogen) atoms. The molecule has 2 rings (SSSR count). The minimum absolute atomic E-state index is 0.109. The Kier molecular flexibility index (Phi) is 2.68. The number of hydrogen-bond acceptors (Lipinski definition) is 2. The molecule has 0 unspecified atom stereocenters. The summed E-state index contributed by atoms with van der Waals surface area (Å²) in [6, 6.07) is 0.444. The van der Waals surface area contributed by atoms with E-state index in [0.29, 0.717) is 6.04 Å². The van der Waals surface area contributed by atoms with Crippen LogP contribution in [0.4, 0.5) is 4.79 Å². The SMILES string of the molecule is O=C(NC1CCOCC1)N1CCC1. The zero-order valence-corrected chi connectivity index (χ0v) is 7.79. The molecule has 2 heterocycles. The molecule has 4 heteroatoms. The van der Waals surface area contributed by atoms with E-state index in [-0.39, 0.29) is 6.03 Å². The van der Waals surface area contributed by atoms with Crippen molar-refractivity contribution in [1.82, 2.24) is 10.2 Å². The molecular weight excluding hydrogens is 168 g/mol. The summed E-state index contributed by atoms with van der Waals surface area (Å²) in [6.45, 7) is 3.42. The Morgan fingerprint density at radius 1 is 1.31 bits per heavy atom. The molecule has 0 aromatic rings. The summed E-state index contributed by atoms with van der Waals surface area (Å²) in [6.07, 6.45) is 3.07. The van der Waals surface area contributed by atoms with Crippen molar-refractivity contribution < 1.29 is 9.53 Å². The van der Waals surface area contributed by atoms with E-state index in [1.165, 1.54) is 0 Å². The van der Waals surface area contributed by atoms with Crippen LogP contribution >= 0.6 is 0 Å². The predicted octanol–water partition coefficient (Wildman–Crippen LogP) is 0.581. The number of amides is 2. The van der Waals surface area contributed by atoms with Gasteiger partial charge in [-0.15, -0.1) is 0 Å². The fourth-order valence-electron chi connectivity index (χ4n) is 1.63. The highest BCUT2D eigenvalue weighted by Crippen LogP contribution is 2.09. The summed E-state index contributed by atoms with van der Waals surface area (Å²) in [5.41, 5.74) is 0. The van der Waals surface area contributed by atoms with Gasteiger partial charge in [0.25, 0.3) is 0 Å². The van der Waals surface area contributed by atoms with Crippen LogP contribution in [0, 0.1) is 0 Å². The molecule has 2 aliphatic rings. The highest BCUT2D eigenvalue weighted by atomic mass is 16.5. The largest absolute Gasteiger partial charge is 0.381 e. The Labute approximate surface area is 78.2 Å². The Morgan fingerprint density at radius 3 is 2.54 bits per heavy atom. The molecule has 2 amide bonds. The van der Waals surface area contributed by atoms with Gasteiger partial charge in [-0.3, -0.25) is 0 Å². The average molecular weight is 184 g/mol. The zero-order chi connectivity index (χ0) is 9.10. The van der Waals surface area contributed by atoms with Crippen molar-refractivity contribution in [3.05, 3.63) is 0 Å². The van der Waals surface area contributed by atoms with Gasteiger partial charge in [0.2, 0.25) is 0 Å². The molecule has 0 aromatic heterocycles. The Morgan fingerprint density at radius 2 is 2.00 bits per heavy atom. The maximum atomic E-state index is 11.5. The van der Waals surface area contributed by atoms with Crippen molar-refractivity contribution in [1.29, 1.82) is 0 Å². The third-order valence-corrected chi connectivity index (χ3v) is 2.69. The molecule has 2 fully saturated rings. The number of carbonyl (C=O) groups excluding carboxylic acids is 1. The lowest BCUT2D eigenvalue weighted by molar-refractivity contribution is 0.0765. The van der Waals surface area contributed by atoms with Gasteiger partial charge in [0.1, 0.15) is 0 Å². The molecule has 0 aromatic carbocycles. The lowest BCUT2D eigenvalue weighted by Gasteiger charge is -2.33. The molecule has 1 N–H and O–H groups in total. The molecular formula is C9H16N2O2. The molecule has 2 saturated heterocycles. The van der Waals surface area contributed by atoms with Gasteiger partial charge >= 0.3 is 6.03 Å². The second kappa shape index (κ2) is 3.96. The fourth-order valence-corrected chi connectivity index (χ4v) is 1.63. The van der Waals surface area contributed by atoms with E-state index in [0.717, 1.165) is 45.6 Å². The van der Waals surface area contributed by atoms with E-state index in [2.05, 4.69) is 5.32 Å². The minimum atomic E-state index is 0.109. The van der Waals surface area contributed by atoms with E-state index in [1.54, 1.807) is 0 Å². The molecule has 0 aliphatic carbocycles. The lowest BCUT2D eigenvalue weighted by atomic mass is 10.1. The fraction of sp³-hybridized carbons (Fsp3) is 0.889. The van der Waals surface area contributed by atoms with Crippen molar-refractivity contribution in [3.8, 4) is 0 Å².